The van der Waals surface area contributed by atoms with Crippen molar-refractivity contribution in [3.63, 3.8) is 0 Å². The summed E-state index contributed by atoms with van der Waals surface area (Å²) in [6.07, 6.45) is 0. The largest absolute Gasteiger partial charge is 0.496 e. The van der Waals surface area contributed by atoms with E-state index < -0.39 is 0 Å². The van der Waals surface area contributed by atoms with Crippen molar-refractivity contribution < 1.29 is 4.74 Å². The first-order valence-electron chi connectivity index (χ1n) is 3.92. The number of nitriles is 1. The van der Waals surface area contributed by atoms with E-state index in [1.807, 2.05) is 0 Å². The molecule has 0 radical (unpaired) electrons. The van der Waals surface area contributed by atoms with E-state index in [-0.39, 0.29) is 0 Å². The third-order valence-corrected chi connectivity index (χ3v) is 3.43. The molecule has 0 bridgehead atoms. The highest BCUT2D eigenvalue weighted by Gasteiger charge is 2.09. The lowest BCUT2D eigenvalue weighted by Crippen LogP contribution is -1.82. The van der Waals surface area contributed by atoms with E-state index in [0.29, 0.717) is 9.90 Å². The Morgan fingerprint density at radius 3 is 2.93 bits per heavy atom. The molecule has 14 heavy (non-hydrogen) atoms. The number of hydrogen-bond donors (Lipinski definition) is 0. The molecule has 0 N–H and O–H groups in total. The zero-order chi connectivity index (χ0) is 10.1. The minimum Gasteiger partial charge on any atom is -0.496 e. The third-order valence-electron chi connectivity index (χ3n) is 1.93. The normalized spacial score (nSPS) is 10.1. The van der Waals surface area contributed by atoms with Crippen LogP contribution in [-0.4, -0.2) is 7.11 Å². The highest BCUT2D eigenvalue weighted by molar-refractivity contribution is 7.20. The van der Waals surface area contributed by atoms with Crippen molar-refractivity contribution in [3.05, 3.63) is 28.1 Å². The molecule has 0 unspecified atom stereocenters. The van der Waals surface area contributed by atoms with Crippen molar-refractivity contribution in [2.75, 3.05) is 7.11 Å². The minimum atomic E-state index is 0.645. The lowest BCUT2D eigenvalue weighted by molar-refractivity contribution is 0.420. The average Bonchev–Trinajstić information content (AvgIpc) is 2.63. The SMILES string of the molecule is COc1ccc(Cl)c2sc(C#N)cc12. The maximum atomic E-state index is 8.77. The summed E-state index contributed by atoms with van der Waals surface area (Å²) in [6.45, 7) is 0. The van der Waals surface area contributed by atoms with Crippen molar-refractivity contribution in [2.24, 2.45) is 0 Å². The van der Waals surface area contributed by atoms with E-state index in [2.05, 4.69) is 6.07 Å². The number of fused-ring (bicyclic) bond motifs is 1. The van der Waals surface area contributed by atoms with Crippen LogP contribution in [0, 0.1) is 11.3 Å². The van der Waals surface area contributed by atoms with Gasteiger partial charge in [0.1, 0.15) is 16.7 Å². The molecule has 0 amide bonds. The van der Waals surface area contributed by atoms with Crippen LogP contribution < -0.4 is 4.74 Å². The summed E-state index contributed by atoms with van der Waals surface area (Å²) in [5.41, 5.74) is 0. The number of benzene rings is 1. The van der Waals surface area contributed by atoms with Crippen molar-refractivity contribution in [1.29, 1.82) is 5.26 Å². The Hall–Kier alpha value is -1.24. The fraction of sp³-hybridized carbons (Fsp3) is 0.100. The molecule has 1 aromatic carbocycles. The molecular weight excluding hydrogens is 218 g/mol. The van der Waals surface area contributed by atoms with Gasteiger partial charge in [-0.1, -0.05) is 11.6 Å². The van der Waals surface area contributed by atoms with Gasteiger partial charge in [0.05, 0.1) is 16.8 Å². The lowest BCUT2D eigenvalue weighted by Gasteiger charge is -2.01. The Morgan fingerprint density at radius 1 is 1.50 bits per heavy atom. The molecule has 0 saturated heterocycles. The zero-order valence-corrected chi connectivity index (χ0v) is 8.95. The van der Waals surface area contributed by atoms with Gasteiger partial charge < -0.3 is 4.74 Å². The van der Waals surface area contributed by atoms with Crippen LogP contribution in [0.3, 0.4) is 0 Å². The van der Waals surface area contributed by atoms with Gasteiger partial charge in [-0.3, -0.25) is 0 Å². The highest BCUT2D eigenvalue weighted by Crippen LogP contribution is 2.37. The first kappa shape index (κ1) is 9.32. The topological polar surface area (TPSA) is 33.0 Å². The Balaban J connectivity index is 2.83. The van der Waals surface area contributed by atoms with Crippen LogP contribution in [0.4, 0.5) is 0 Å². The molecule has 1 aromatic heterocycles. The quantitative estimate of drug-likeness (QED) is 0.742. The van der Waals surface area contributed by atoms with E-state index in [1.54, 1.807) is 25.3 Å². The summed E-state index contributed by atoms with van der Waals surface area (Å²) in [4.78, 5) is 0.645. The molecule has 4 heteroatoms. The van der Waals surface area contributed by atoms with Crippen LogP contribution in [-0.2, 0) is 0 Å². The second-order valence-corrected chi connectivity index (χ2v) is 4.17. The number of ether oxygens (including phenoxy) is 1. The smallest absolute Gasteiger partial charge is 0.127 e. The minimum absolute atomic E-state index is 0.645. The molecule has 2 aromatic rings. The van der Waals surface area contributed by atoms with Gasteiger partial charge in [0.15, 0.2) is 0 Å². The van der Waals surface area contributed by atoms with E-state index in [4.69, 9.17) is 21.6 Å². The van der Waals surface area contributed by atoms with E-state index in [9.17, 15) is 0 Å². The fourth-order valence-electron chi connectivity index (χ4n) is 1.30. The predicted molar refractivity (Wildman–Crippen MR) is 58.1 cm³/mol. The maximum Gasteiger partial charge on any atom is 0.127 e. The van der Waals surface area contributed by atoms with Crippen LogP contribution in [0.5, 0.6) is 5.75 Å². The first-order chi connectivity index (χ1) is 6.76. The standard InChI is InChI=1S/C10H6ClNOS/c1-13-9-3-2-8(11)10-7(9)4-6(5-12)14-10/h2-4H,1H3. The maximum absolute atomic E-state index is 8.77. The summed E-state index contributed by atoms with van der Waals surface area (Å²) in [6, 6.07) is 7.48. The van der Waals surface area contributed by atoms with Crippen molar-refractivity contribution >= 4 is 33.0 Å². The van der Waals surface area contributed by atoms with Crippen LogP contribution in [0.25, 0.3) is 10.1 Å². The number of methoxy groups -OCH3 is 1. The Kier molecular flexibility index (Phi) is 2.32. The molecule has 2 nitrogen and oxygen atoms in total. The van der Waals surface area contributed by atoms with Gasteiger partial charge >= 0.3 is 0 Å². The fourth-order valence-corrected chi connectivity index (χ4v) is 2.46. The molecule has 0 saturated carbocycles. The second kappa shape index (κ2) is 3.49. The van der Waals surface area contributed by atoms with E-state index in [0.717, 1.165) is 15.8 Å². The summed E-state index contributed by atoms with van der Waals surface area (Å²) in [5, 5.41) is 10.3. The third kappa shape index (κ3) is 1.33. The van der Waals surface area contributed by atoms with Gasteiger partial charge in [0.2, 0.25) is 0 Å². The van der Waals surface area contributed by atoms with Crippen LogP contribution in [0.2, 0.25) is 5.02 Å². The number of hydrogen-bond acceptors (Lipinski definition) is 3. The Bertz CT molecular complexity index is 527. The summed E-state index contributed by atoms with van der Waals surface area (Å²) in [7, 11) is 1.60. The van der Waals surface area contributed by atoms with Crippen LogP contribution >= 0.6 is 22.9 Å². The molecule has 0 aliphatic carbocycles. The Labute approximate surface area is 90.3 Å². The highest BCUT2D eigenvalue weighted by atomic mass is 35.5. The monoisotopic (exact) mass is 223 g/mol. The van der Waals surface area contributed by atoms with Gasteiger partial charge in [-0.25, -0.2) is 0 Å². The molecular formula is C10H6ClNOS. The summed E-state index contributed by atoms with van der Waals surface area (Å²) in [5.74, 6) is 0.752. The van der Waals surface area contributed by atoms with Gasteiger partial charge in [-0.05, 0) is 18.2 Å². The molecule has 0 aliphatic rings. The van der Waals surface area contributed by atoms with Crippen molar-refractivity contribution in [1.82, 2.24) is 0 Å². The Morgan fingerprint density at radius 2 is 2.29 bits per heavy atom. The second-order valence-electron chi connectivity index (χ2n) is 2.71. The molecule has 0 aliphatic heterocycles. The van der Waals surface area contributed by atoms with Gasteiger partial charge in [0, 0.05) is 5.39 Å². The van der Waals surface area contributed by atoms with E-state index >= 15 is 0 Å². The average molecular weight is 224 g/mol. The number of thiophene rings is 1. The van der Waals surface area contributed by atoms with Gasteiger partial charge in [-0.15, -0.1) is 11.3 Å². The number of rotatable bonds is 1. The summed E-state index contributed by atoms with van der Waals surface area (Å²) < 4.78 is 6.08. The zero-order valence-electron chi connectivity index (χ0n) is 7.37. The summed E-state index contributed by atoms with van der Waals surface area (Å²) >= 11 is 7.38. The predicted octanol–water partition coefficient (Wildman–Crippen LogP) is 3.43. The lowest BCUT2D eigenvalue weighted by atomic mass is 10.2. The molecule has 0 atom stereocenters. The van der Waals surface area contributed by atoms with Crippen molar-refractivity contribution in [3.8, 4) is 11.8 Å². The number of nitrogens with zero attached hydrogens (tertiary/aromatic N) is 1. The van der Waals surface area contributed by atoms with Crippen LogP contribution in [0.15, 0.2) is 18.2 Å². The molecule has 2 rings (SSSR count). The first-order valence-corrected chi connectivity index (χ1v) is 5.12. The van der Waals surface area contributed by atoms with Crippen molar-refractivity contribution in [2.45, 2.75) is 0 Å². The molecule has 70 valence electrons. The van der Waals surface area contributed by atoms with Gasteiger partial charge in [0.25, 0.3) is 0 Å². The van der Waals surface area contributed by atoms with Gasteiger partial charge in [-0.2, -0.15) is 5.26 Å². The van der Waals surface area contributed by atoms with Crippen LogP contribution in [0.1, 0.15) is 4.88 Å². The molecule has 0 fully saturated rings. The van der Waals surface area contributed by atoms with E-state index in [1.165, 1.54) is 11.3 Å². The molecule has 1 heterocycles. The number of halogens is 1. The molecule has 0 spiro atoms.